The minimum absolute atomic E-state index is 0.368. The molecule has 0 aliphatic heterocycles. The first-order chi connectivity index (χ1) is 10.3. The molecule has 0 unspecified atom stereocenters. The number of oxazole rings is 1. The topological polar surface area (TPSA) is 67.2 Å². The predicted octanol–water partition coefficient (Wildman–Crippen LogP) is 3.38. The standard InChI is InChI=1S/C12H8F5N3O2/c13-6-2-1-3-7(14)8(6)9(12(15,16)17)19-10(21)20-11-18-4-5-22-11/h1-5,9H,(H2,18,19,20,21)/t9-/m1/s1. The van der Waals surface area contributed by atoms with Gasteiger partial charge in [-0.25, -0.2) is 18.6 Å². The van der Waals surface area contributed by atoms with Gasteiger partial charge in [0.15, 0.2) is 6.04 Å². The van der Waals surface area contributed by atoms with Crippen LogP contribution in [-0.4, -0.2) is 17.2 Å². The zero-order chi connectivity index (χ0) is 16.3. The zero-order valence-corrected chi connectivity index (χ0v) is 10.6. The molecular weight excluding hydrogens is 313 g/mol. The van der Waals surface area contributed by atoms with Crippen LogP contribution in [-0.2, 0) is 0 Å². The van der Waals surface area contributed by atoms with Crippen LogP contribution < -0.4 is 10.6 Å². The van der Waals surface area contributed by atoms with Gasteiger partial charge in [-0.05, 0) is 12.1 Å². The molecule has 0 fully saturated rings. The lowest BCUT2D eigenvalue weighted by Gasteiger charge is -2.22. The van der Waals surface area contributed by atoms with E-state index in [2.05, 4.69) is 9.40 Å². The lowest BCUT2D eigenvalue weighted by molar-refractivity contribution is -0.156. The summed E-state index contributed by atoms with van der Waals surface area (Å²) in [5.74, 6) is -2.86. The van der Waals surface area contributed by atoms with Crippen molar-refractivity contribution in [3.63, 3.8) is 0 Å². The summed E-state index contributed by atoms with van der Waals surface area (Å²) >= 11 is 0. The predicted molar refractivity (Wildman–Crippen MR) is 63.8 cm³/mol. The highest BCUT2D eigenvalue weighted by atomic mass is 19.4. The first kappa shape index (κ1) is 15.7. The lowest BCUT2D eigenvalue weighted by Crippen LogP contribution is -2.41. The third-order valence-corrected chi connectivity index (χ3v) is 2.54. The molecule has 0 aliphatic rings. The van der Waals surface area contributed by atoms with E-state index in [-0.39, 0.29) is 6.01 Å². The van der Waals surface area contributed by atoms with Crippen LogP contribution in [0.15, 0.2) is 35.1 Å². The van der Waals surface area contributed by atoms with E-state index in [0.717, 1.165) is 18.5 Å². The number of anilines is 1. The Balaban J connectivity index is 2.26. The van der Waals surface area contributed by atoms with Gasteiger partial charge in [-0.3, -0.25) is 5.32 Å². The molecule has 1 heterocycles. The molecule has 22 heavy (non-hydrogen) atoms. The molecule has 2 amide bonds. The van der Waals surface area contributed by atoms with Crippen molar-refractivity contribution in [2.24, 2.45) is 0 Å². The Labute approximate surface area is 120 Å². The molecule has 2 rings (SSSR count). The molecule has 0 spiro atoms. The van der Waals surface area contributed by atoms with Crippen LogP contribution >= 0.6 is 0 Å². The Morgan fingerprint density at radius 2 is 1.86 bits per heavy atom. The molecule has 0 saturated heterocycles. The number of amides is 2. The van der Waals surface area contributed by atoms with Crippen molar-refractivity contribution in [1.29, 1.82) is 0 Å². The summed E-state index contributed by atoms with van der Waals surface area (Å²) in [4.78, 5) is 15.0. The van der Waals surface area contributed by atoms with Crippen molar-refractivity contribution in [3.05, 3.63) is 47.9 Å². The molecule has 5 nitrogen and oxygen atoms in total. The van der Waals surface area contributed by atoms with Gasteiger partial charge in [-0.15, -0.1) is 0 Å². The molecule has 2 aromatic rings. The Morgan fingerprint density at radius 3 is 2.36 bits per heavy atom. The summed E-state index contributed by atoms with van der Waals surface area (Å²) in [5, 5.41) is 3.30. The summed E-state index contributed by atoms with van der Waals surface area (Å²) in [7, 11) is 0. The number of nitrogens with one attached hydrogen (secondary N) is 2. The van der Waals surface area contributed by atoms with Gasteiger partial charge in [0.1, 0.15) is 17.9 Å². The number of nitrogens with zero attached hydrogens (tertiary/aromatic N) is 1. The number of urea groups is 1. The van der Waals surface area contributed by atoms with Gasteiger partial charge < -0.3 is 9.73 Å². The highest BCUT2D eigenvalue weighted by molar-refractivity contribution is 5.87. The molecule has 1 atom stereocenters. The Hall–Kier alpha value is -2.65. The fourth-order valence-corrected chi connectivity index (χ4v) is 1.65. The van der Waals surface area contributed by atoms with Crippen LogP contribution in [0, 0.1) is 11.6 Å². The maximum absolute atomic E-state index is 13.5. The smallest absolute Gasteiger partial charge is 0.413 e. The summed E-state index contributed by atoms with van der Waals surface area (Å²) in [5.41, 5.74) is -1.31. The molecule has 0 saturated carbocycles. The number of carbonyl (C=O) groups excluding carboxylic acids is 1. The molecule has 0 radical (unpaired) electrons. The first-order valence-corrected chi connectivity index (χ1v) is 5.76. The number of halogens is 5. The zero-order valence-electron chi connectivity index (χ0n) is 10.6. The number of hydrogen-bond acceptors (Lipinski definition) is 3. The number of carbonyl (C=O) groups is 1. The first-order valence-electron chi connectivity index (χ1n) is 5.76. The van der Waals surface area contributed by atoms with Crippen molar-refractivity contribution in [3.8, 4) is 0 Å². The van der Waals surface area contributed by atoms with Crippen LogP contribution in [0.3, 0.4) is 0 Å². The fourth-order valence-electron chi connectivity index (χ4n) is 1.65. The Kier molecular flexibility index (Phi) is 4.29. The Bertz CT molecular complexity index is 637. The van der Waals surface area contributed by atoms with E-state index >= 15 is 0 Å². The maximum Gasteiger partial charge on any atom is 0.413 e. The van der Waals surface area contributed by atoms with Gasteiger partial charge in [0, 0.05) is 0 Å². The molecule has 118 valence electrons. The monoisotopic (exact) mass is 321 g/mol. The molecule has 0 bridgehead atoms. The average molecular weight is 321 g/mol. The van der Waals surface area contributed by atoms with Gasteiger partial charge in [0.25, 0.3) is 0 Å². The van der Waals surface area contributed by atoms with Crippen LogP contribution in [0.5, 0.6) is 0 Å². The second kappa shape index (κ2) is 6.00. The summed E-state index contributed by atoms with van der Waals surface area (Å²) in [6.45, 7) is 0. The van der Waals surface area contributed by atoms with Crippen molar-refractivity contribution in [1.82, 2.24) is 10.3 Å². The van der Waals surface area contributed by atoms with Gasteiger partial charge in [-0.2, -0.15) is 13.2 Å². The van der Waals surface area contributed by atoms with Gasteiger partial charge in [-0.1, -0.05) is 6.07 Å². The lowest BCUT2D eigenvalue weighted by atomic mass is 10.1. The molecule has 0 aliphatic carbocycles. The molecule has 1 aromatic carbocycles. The molecule has 10 heteroatoms. The van der Waals surface area contributed by atoms with Crippen molar-refractivity contribution in [2.75, 3.05) is 5.32 Å². The maximum atomic E-state index is 13.5. The number of alkyl halides is 3. The van der Waals surface area contributed by atoms with Crippen LogP contribution in [0.1, 0.15) is 11.6 Å². The highest BCUT2D eigenvalue weighted by Crippen LogP contribution is 2.35. The van der Waals surface area contributed by atoms with Crippen molar-refractivity contribution >= 4 is 12.0 Å². The van der Waals surface area contributed by atoms with Crippen LogP contribution in [0.2, 0.25) is 0 Å². The second-order valence-corrected chi connectivity index (χ2v) is 4.05. The van der Waals surface area contributed by atoms with Gasteiger partial charge in [0.2, 0.25) is 0 Å². The van der Waals surface area contributed by atoms with E-state index in [1.165, 1.54) is 5.32 Å². The summed E-state index contributed by atoms with van der Waals surface area (Å²) in [6, 6.07) is -2.40. The van der Waals surface area contributed by atoms with E-state index < -0.39 is 35.4 Å². The molecule has 1 aromatic heterocycles. The number of aromatic nitrogens is 1. The second-order valence-electron chi connectivity index (χ2n) is 4.05. The average Bonchev–Trinajstić information content (AvgIpc) is 2.89. The Morgan fingerprint density at radius 1 is 1.23 bits per heavy atom. The van der Waals surface area contributed by atoms with Crippen LogP contribution in [0.25, 0.3) is 0 Å². The quantitative estimate of drug-likeness (QED) is 0.852. The van der Waals surface area contributed by atoms with E-state index in [4.69, 9.17) is 0 Å². The van der Waals surface area contributed by atoms with Gasteiger partial charge >= 0.3 is 18.2 Å². The summed E-state index contributed by atoms with van der Waals surface area (Å²) in [6.07, 6.45) is -2.89. The van der Waals surface area contributed by atoms with E-state index in [1.54, 1.807) is 0 Å². The number of benzene rings is 1. The minimum atomic E-state index is -5.11. The number of hydrogen-bond donors (Lipinski definition) is 2. The normalized spacial score (nSPS) is 12.8. The van der Waals surface area contributed by atoms with Crippen LogP contribution in [0.4, 0.5) is 32.8 Å². The third-order valence-electron chi connectivity index (χ3n) is 2.54. The largest absolute Gasteiger partial charge is 0.432 e. The van der Waals surface area contributed by atoms with E-state index in [1.807, 2.05) is 5.32 Å². The minimum Gasteiger partial charge on any atom is -0.432 e. The van der Waals surface area contributed by atoms with Gasteiger partial charge in [0.05, 0.1) is 11.8 Å². The van der Waals surface area contributed by atoms with Crippen molar-refractivity contribution in [2.45, 2.75) is 12.2 Å². The van der Waals surface area contributed by atoms with E-state index in [0.29, 0.717) is 12.1 Å². The van der Waals surface area contributed by atoms with E-state index in [9.17, 15) is 26.7 Å². The molecule has 2 N–H and O–H groups in total. The highest BCUT2D eigenvalue weighted by Gasteiger charge is 2.45. The van der Waals surface area contributed by atoms with Crippen molar-refractivity contribution < 1.29 is 31.2 Å². The molecular formula is C12H8F5N3O2. The number of rotatable bonds is 3. The fraction of sp³-hybridized carbons (Fsp3) is 0.167. The summed E-state index contributed by atoms with van der Waals surface area (Å²) < 4.78 is 70.6. The SMILES string of the molecule is O=C(Nc1ncco1)N[C@H](c1c(F)cccc1F)C(F)(F)F. The third kappa shape index (κ3) is 3.51.